The highest BCUT2D eigenvalue weighted by atomic mass is 16.5. The molecule has 5 rings (SSSR count). The van der Waals surface area contributed by atoms with Crippen molar-refractivity contribution in [2.75, 3.05) is 56.7 Å². The molecule has 0 bridgehead atoms. The fraction of sp³-hybridized carbons (Fsp3) is 0.407. The number of nitrogens with one attached hydrogen (secondary N) is 2. The minimum absolute atomic E-state index is 0.00331. The molecule has 204 valence electrons. The third-order valence-electron chi connectivity index (χ3n) is 6.41. The van der Waals surface area contributed by atoms with Gasteiger partial charge in [-0.15, -0.1) is 5.10 Å². The fourth-order valence-electron chi connectivity index (χ4n) is 4.25. The topological polar surface area (TPSA) is 141 Å². The quantitative estimate of drug-likeness (QED) is 0.475. The van der Waals surface area contributed by atoms with E-state index in [1.54, 1.807) is 31.0 Å². The van der Waals surface area contributed by atoms with E-state index in [2.05, 4.69) is 38.3 Å². The number of aromatic nitrogens is 4. The second kappa shape index (κ2) is 12.8. The number of amides is 2. The number of fused-ring (bicyclic) bond motifs is 1. The summed E-state index contributed by atoms with van der Waals surface area (Å²) in [5.74, 6) is 1.01. The van der Waals surface area contributed by atoms with Gasteiger partial charge in [-0.3, -0.25) is 9.59 Å². The number of rotatable bonds is 5. The fourth-order valence-corrected chi connectivity index (χ4v) is 4.25. The Balaban J connectivity index is 0.000000448. The number of nitriles is 1. The number of morpholine rings is 1. The first-order valence-corrected chi connectivity index (χ1v) is 12.9. The van der Waals surface area contributed by atoms with Crippen LogP contribution in [0.15, 0.2) is 42.6 Å². The predicted molar refractivity (Wildman–Crippen MR) is 147 cm³/mol. The summed E-state index contributed by atoms with van der Waals surface area (Å²) in [4.78, 5) is 36.0. The van der Waals surface area contributed by atoms with Crippen molar-refractivity contribution in [1.82, 2.24) is 29.8 Å². The second-order valence-electron chi connectivity index (χ2n) is 9.27. The van der Waals surface area contributed by atoms with Crippen LogP contribution in [0.2, 0.25) is 0 Å². The van der Waals surface area contributed by atoms with Crippen molar-refractivity contribution in [3.8, 4) is 6.07 Å². The zero-order valence-electron chi connectivity index (χ0n) is 22.3. The lowest BCUT2D eigenvalue weighted by molar-refractivity contribution is -0.116. The number of ether oxygens (including phenoxy) is 1. The van der Waals surface area contributed by atoms with Crippen LogP contribution in [0.1, 0.15) is 42.2 Å². The van der Waals surface area contributed by atoms with E-state index in [0.29, 0.717) is 60.5 Å². The summed E-state index contributed by atoms with van der Waals surface area (Å²) >= 11 is 0. The molecule has 2 aliphatic rings. The molecule has 2 amide bonds. The van der Waals surface area contributed by atoms with Crippen molar-refractivity contribution in [2.45, 2.75) is 26.2 Å². The third kappa shape index (κ3) is 6.69. The number of nitrogens with zero attached hydrogens (tertiary/aromatic N) is 7. The van der Waals surface area contributed by atoms with Gasteiger partial charge in [0.05, 0.1) is 19.4 Å². The Hall–Kier alpha value is -4.50. The Kier molecular flexibility index (Phi) is 9.06. The number of imidazole rings is 1. The lowest BCUT2D eigenvalue weighted by Gasteiger charge is -2.27. The van der Waals surface area contributed by atoms with Crippen LogP contribution in [0.5, 0.6) is 0 Å². The average Bonchev–Trinajstić information content (AvgIpc) is 3.41. The summed E-state index contributed by atoms with van der Waals surface area (Å²) in [5, 5.41) is 19.7. The van der Waals surface area contributed by atoms with Crippen LogP contribution in [-0.4, -0.2) is 82.7 Å². The normalized spacial score (nSPS) is 15.1. The molecule has 2 saturated heterocycles. The van der Waals surface area contributed by atoms with Crippen LogP contribution in [0.3, 0.4) is 0 Å². The van der Waals surface area contributed by atoms with Crippen molar-refractivity contribution in [3.63, 3.8) is 0 Å². The SMILES string of the molecule is C=C(C)C(=O)NC.N#Cc1cnc2c(Nc3ccc(C(=O)N4CCOCC4)cc3)nc(N3CCCCC3)nn12. The molecule has 39 heavy (non-hydrogen) atoms. The van der Waals surface area contributed by atoms with Gasteiger partial charge in [-0.2, -0.15) is 14.8 Å². The van der Waals surface area contributed by atoms with Gasteiger partial charge in [-0.05, 0) is 50.5 Å². The van der Waals surface area contributed by atoms with Crippen LogP contribution < -0.4 is 15.5 Å². The van der Waals surface area contributed by atoms with Gasteiger partial charge in [0.15, 0.2) is 17.2 Å². The van der Waals surface area contributed by atoms with E-state index >= 15 is 0 Å². The Morgan fingerprint density at radius 1 is 1.08 bits per heavy atom. The Morgan fingerprint density at radius 2 is 1.77 bits per heavy atom. The average molecular weight is 532 g/mol. The van der Waals surface area contributed by atoms with Crippen LogP contribution in [0, 0.1) is 11.3 Å². The zero-order valence-corrected chi connectivity index (χ0v) is 22.3. The van der Waals surface area contributed by atoms with Gasteiger partial charge in [0.1, 0.15) is 6.07 Å². The maximum atomic E-state index is 12.7. The highest BCUT2D eigenvalue weighted by Gasteiger charge is 2.20. The number of likely N-dealkylation sites (N-methyl/N-ethyl adjacent to an activating group) is 1. The molecule has 2 fully saturated rings. The molecule has 12 nitrogen and oxygen atoms in total. The number of carbonyl (C=O) groups excluding carboxylic acids is 2. The van der Waals surface area contributed by atoms with E-state index < -0.39 is 0 Å². The highest BCUT2D eigenvalue weighted by Crippen LogP contribution is 2.24. The third-order valence-corrected chi connectivity index (χ3v) is 6.41. The van der Waals surface area contributed by atoms with Crippen LogP contribution in [0.4, 0.5) is 17.5 Å². The van der Waals surface area contributed by atoms with E-state index in [9.17, 15) is 14.9 Å². The van der Waals surface area contributed by atoms with Gasteiger partial charge in [0, 0.05) is 50.1 Å². The number of hydrogen-bond acceptors (Lipinski definition) is 9. The molecule has 2 N–H and O–H groups in total. The number of piperidine rings is 1. The van der Waals surface area contributed by atoms with Gasteiger partial charge in [0.2, 0.25) is 11.9 Å². The lowest BCUT2D eigenvalue weighted by Crippen LogP contribution is -2.40. The molecule has 0 aliphatic carbocycles. The summed E-state index contributed by atoms with van der Waals surface area (Å²) in [6, 6.07) is 9.44. The van der Waals surface area contributed by atoms with Gasteiger partial charge in [-0.25, -0.2) is 4.98 Å². The standard InChI is InChI=1S/C22H24N8O2.C5H9NO/c23-14-18-15-24-20-19(26-22(27-30(18)20)29-8-2-1-3-9-29)25-17-6-4-16(5-7-17)21(31)28-10-12-32-13-11-28;1-4(2)5(7)6-3/h4-7,15H,1-3,8-13H2,(H,25,26,27);1H2,2-3H3,(H,6,7). The van der Waals surface area contributed by atoms with E-state index in [1.165, 1.54) is 17.1 Å². The monoisotopic (exact) mass is 531 g/mol. The van der Waals surface area contributed by atoms with Crippen molar-refractivity contribution in [2.24, 2.45) is 0 Å². The summed E-state index contributed by atoms with van der Waals surface area (Å²) < 4.78 is 6.86. The molecule has 0 saturated carbocycles. The van der Waals surface area contributed by atoms with Crippen LogP contribution >= 0.6 is 0 Å². The minimum atomic E-state index is -0.0972. The smallest absolute Gasteiger partial charge is 0.254 e. The Bertz CT molecular complexity index is 1370. The molecular formula is C27H33N9O3. The Morgan fingerprint density at radius 3 is 2.36 bits per heavy atom. The lowest BCUT2D eigenvalue weighted by atomic mass is 10.1. The first kappa shape index (κ1) is 27.5. The molecule has 12 heteroatoms. The Labute approximate surface area is 227 Å². The molecule has 4 heterocycles. The molecular weight excluding hydrogens is 498 g/mol. The van der Waals surface area contributed by atoms with Crippen LogP contribution in [-0.2, 0) is 9.53 Å². The minimum Gasteiger partial charge on any atom is -0.378 e. The number of carbonyl (C=O) groups is 2. The highest BCUT2D eigenvalue weighted by molar-refractivity contribution is 5.94. The number of benzene rings is 1. The predicted octanol–water partition coefficient (Wildman–Crippen LogP) is 2.51. The zero-order chi connectivity index (χ0) is 27.8. The van der Waals surface area contributed by atoms with E-state index in [1.807, 2.05) is 12.1 Å². The molecule has 1 aromatic carbocycles. The van der Waals surface area contributed by atoms with Gasteiger partial charge >= 0.3 is 0 Å². The molecule has 0 unspecified atom stereocenters. The van der Waals surface area contributed by atoms with E-state index in [-0.39, 0.29) is 11.8 Å². The first-order valence-electron chi connectivity index (χ1n) is 12.9. The van der Waals surface area contributed by atoms with Crippen molar-refractivity contribution >= 4 is 34.9 Å². The molecule has 2 aliphatic heterocycles. The summed E-state index contributed by atoms with van der Waals surface area (Å²) in [5.41, 5.74) is 2.79. The van der Waals surface area contributed by atoms with Crippen molar-refractivity contribution in [3.05, 3.63) is 53.9 Å². The molecule has 2 aromatic heterocycles. The number of hydrogen-bond donors (Lipinski definition) is 2. The largest absolute Gasteiger partial charge is 0.378 e. The van der Waals surface area contributed by atoms with Gasteiger partial charge in [-0.1, -0.05) is 6.58 Å². The second-order valence-corrected chi connectivity index (χ2v) is 9.27. The maximum Gasteiger partial charge on any atom is 0.254 e. The molecule has 0 spiro atoms. The van der Waals surface area contributed by atoms with Crippen molar-refractivity contribution < 1.29 is 14.3 Å². The van der Waals surface area contributed by atoms with Crippen molar-refractivity contribution in [1.29, 1.82) is 5.26 Å². The molecule has 3 aromatic rings. The van der Waals surface area contributed by atoms with E-state index in [0.717, 1.165) is 31.6 Å². The van der Waals surface area contributed by atoms with Gasteiger partial charge in [0.25, 0.3) is 5.91 Å². The summed E-state index contributed by atoms with van der Waals surface area (Å²) in [6.07, 6.45) is 4.89. The van der Waals surface area contributed by atoms with E-state index in [4.69, 9.17) is 9.72 Å². The summed E-state index contributed by atoms with van der Waals surface area (Å²) in [7, 11) is 1.58. The first-order chi connectivity index (χ1) is 18.9. The van der Waals surface area contributed by atoms with Crippen LogP contribution in [0.25, 0.3) is 5.65 Å². The molecule has 0 radical (unpaired) electrons. The van der Waals surface area contributed by atoms with Gasteiger partial charge < -0.3 is 25.2 Å². The number of anilines is 3. The molecule has 0 atom stereocenters. The maximum absolute atomic E-state index is 12.7. The summed E-state index contributed by atoms with van der Waals surface area (Å²) in [6.45, 7) is 9.22.